The summed E-state index contributed by atoms with van der Waals surface area (Å²) in [5, 5.41) is 2.79. The van der Waals surface area contributed by atoms with Gasteiger partial charge in [-0.1, -0.05) is 39.8 Å². The molecular weight excluding hydrogens is 406 g/mol. The fourth-order valence-corrected chi connectivity index (χ4v) is 6.92. The van der Waals surface area contributed by atoms with Crippen molar-refractivity contribution in [3.05, 3.63) is 12.2 Å². The molecule has 176 valence electrons. The van der Waals surface area contributed by atoms with Crippen LogP contribution in [-0.4, -0.2) is 47.5 Å². The maximum absolute atomic E-state index is 13.3. The average Bonchev–Trinajstić information content (AvgIpc) is 3.25. The van der Waals surface area contributed by atoms with Gasteiger partial charge in [0.05, 0.1) is 17.9 Å². The zero-order valence-electron chi connectivity index (χ0n) is 19.7. The van der Waals surface area contributed by atoms with Crippen LogP contribution in [0.2, 0.25) is 0 Å². The molecule has 2 saturated carbocycles. The van der Waals surface area contributed by atoms with Crippen molar-refractivity contribution in [1.82, 2.24) is 10.2 Å². The Hall–Kier alpha value is -2.02. The van der Waals surface area contributed by atoms with E-state index in [9.17, 15) is 19.2 Å². The number of hydrogen-bond acceptors (Lipinski definition) is 5. The van der Waals surface area contributed by atoms with E-state index in [0.717, 1.165) is 24.2 Å². The molecule has 3 fully saturated rings. The molecule has 0 aromatic heterocycles. The normalized spacial score (nSPS) is 35.3. The molecule has 3 amide bonds. The number of likely N-dealkylation sites (tertiary alicyclic amines) is 1. The van der Waals surface area contributed by atoms with Gasteiger partial charge in [0.25, 0.3) is 0 Å². The van der Waals surface area contributed by atoms with E-state index in [0.29, 0.717) is 24.8 Å². The number of carbonyl (C=O) groups is 4. The molecular formula is C25H37N3O4. The van der Waals surface area contributed by atoms with Gasteiger partial charge in [-0.3, -0.25) is 24.1 Å². The van der Waals surface area contributed by atoms with Crippen molar-refractivity contribution in [3.63, 3.8) is 0 Å². The Bertz CT molecular complexity index is 816. The van der Waals surface area contributed by atoms with E-state index >= 15 is 0 Å². The van der Waals surface area contributed by atoms with Gasteiger partial charge in [0, 0.05) is 5.92 Å². The fraction of sp³-hybridized carbons (Fsp3) is 0.760. The van der Waals surface area contributed by atoms with Crippen molar-refractivity contribution in [2.45, 2.75) is 59.4 Å². The highest BCUT2D eigenvalue weighted by molar-refractivity contribution is 6.09. The minimum atomic E-state index is -0.610. The van der Waals surface area contributed by atoms with Crippen LogP contribution in [-0.2, 0) is 19.2 Å². The molecule has 32 heavy (non-hydrogen) atoms. The molecule has 5 unspecified atom stereocenters. The minimum absolute atomic E-state index is 0.0380. The van der Waals surface area contributed by atoms with Crippen LogP contribution >= 0.6 is 0 Å². The standard InChI is InChI=1S/C25H37N3O4/c1-13(2)17-11-25(17)15-8-9-16(25)21-20(15)23(31)28(24(21)32)12-19(29)27-18(7-5-6-10-26)22(30)14(3)4/h8-9,13-18,20-21H,5-7,10-12,26H2,1-4H3,(H,27,29)/t15?,16?,17?,18-,20?,21?,25?/m0/s1. The Morgan fingerprint density at radius 3 is 2.16 bits per heavy atom. The molecule has 4 rings (SSSR count). The van der Waals surface area contributed by atoms with E-state index < -0.39 is 11.9 Å². The Morgan fingerprint density at radius 2 is 1.69 bits per heavy atom. The Kier molecular flexibility index (Phi) is 6.07. The molecule has 6 atom stereocenters. The lowest BCUT2D eigenvalue weighted by molar-refractivity contribution is -0.145. The predicted octanol–water partition coefficient (Wildman–Crippen LogP) is 1.90. The van der Waals surface area contributed by atoms with Gasteiger partial charge < -0.3 is 11.1 Å². The van der Waals surface area contributed by atoms with Crippen LogP contribution in [0.4, 0.5) is 0 Å². The summed E-state index contributed by atoms with van der Waals surface area (Å²) in [6.45, 7) is 8.28. The van der Waals surface area contributed by atoms with Gasteiger partial charge in [-0.05, 0) is 61.3 Å². The van der Waals surface area contributed by atoms with Crippen LogP contribution in [0, 0.1) is 46.8 Å². The molecule has 0 aromatic carbocycles. The number of unbranched alkanes of at least 4 members (excludes halogenated alkanes) is 1. The molecule has 1 saturated heterocycles. The minimum Gasteiger partial charge on any atom is -0.345 e. The quantitative estimate of drug-likeness (QED) is 0.304. The molecule has 4 aliphatic rings. The van der Waals surface area contributed by atoms with Gasteiger partial charge in [0.2, 0.25) is 17.7 Å². The molecule has 7 heteroatoms. The van der Waals surface area contributed by atoms with Crippen molar-refractivity contribution in [1.29, 1.82) is 0 Å². The highest BCUT2D eigenvalue weighted by Gasteiger charge is 2.77. The van der Waals surface area contributed by atoms with Gasteiger partial charge in [-0.25, -0.2) is 0 Å². The topological polar surface area (TPSA) is 110 Å². The Morgan fingerprint density at radius 1 is 1.09 bits per heavy atom. The first-order valence-electron chi connectivity index (χ1n) is 12.2. The molecule has 3 aliphatic carbocycles. The number of fused-ring (bicyclic) bond motifs is 3. The SMILES string of the molecule is CC(C)C(=O)[C@H](CCCCN)NC(=O)CN1C(=O)C2C(C1=O)C1C=CC2C12CC2C(C)C. The zero-order chi connectivity index (χ0) is 23.4. The largest absolute Gasteiger partial charge is 0.345 e. The predicted molar refractivity (Wildman–Crippen MR) is 120 cm³/mol. The summed E-state index contributed by atoms with van der Waals surface area (Å²) < 4.78 is 0. The Balaban J connectivity index is 1.42. The third kappa shape index (κ3) is 3.44. The van der Waals surface area contributed by atoms with Crippen LogP contribution in [0.15, 0.2) is 12.2 Å². The summed E-state index contributed by atoms with van der Waals surface area (Å²) in [7, 11) is 0. The molecule has 2 bridgehead atoms. The number of amides is 3. The first-order chi connectivity index (χ1) is 15.1. The summed E-state index contributed by atoms with van der Waals surface area (Å²) in [6, 6.07) is -0.610. The smallest absolute Gasteiger partial charge is 0.240 e. The highest BCUT2D eigenvalue weighted by Crippen LogP contribution is 2.77. The zero-order valence-corrected chi connectivity index (χ0v) is 19.7. The maximum atomic E-state index is 13.3. The number of carbonyl (C=O) groups excluding carboxylic acids is 4. The number of allylic oxidation sites excluding steroid dienone is 2. The highest BCUT2D eigenvalue weighted by atomic mass is 16.2. The lowest BCUT2D eigenvalue weighted by Gasteiger charge is -2.25. The summed E-state index contributed by atoms with van der Waals surface area (Å²) in [5.74, 6) is -0.444. The van der Waals surface area contributed by atoms with E-state index in [2.05, 4.69) is 31.3 Å². The molecule has 0 aromatic rings. The number of hydrogen-bond donors (Lipinski definition) is 2. The lowest BCUT2D eigenvalue weighted by Crippen LogP contribution is -2.48. The number of nitrogens with two attached hydrogens (primary N) is 1. The van der Waals surface area contributed by atoms with E-state index in [-0.39, 0.29) is 59.1 Å². The van der Waals surface area contributed by atoms with Gasteiger partial charge in [-0.15, -0.1) is 0 Å². The molecule has 1 heterocycles. The summed E-state index contributed by atoms with van der Waals surface area (Å²) in [4.78, 5) is 53.0. The van der Waals surface area contributed by atoms with Gasteiger partial charge >= 0.3 is 0 Å². The first kappa shape index (κ1) is 23.1. The van der Waals surface area contributed by atoms with Crippen LogP contribution in [0.25, 0.3) is 0 Å². The number of ketones is 1. The van der Waals surface area contributed by atoms with Crippen molar-refractivity contribution in [2.24, 2.45) is 52.6 Å². The third-order valence-corrected chi connectivity index (χ3v) is 8.43. The van der Waals surface area contributed by atoms with Crippen molar-refractivity contribution < 1.29 is 19.2 Å². The monoisotopic (exact) mass is 443 g/mol. The summed E-state index contributed by atoms with van der Waals surface area (Å²) >= 11 is 0. The van der Waals surface area contributed by atoms with E-state index in [1.807, 2.05) is 0 Å². The van der Waals surface area contributed by atoms with Crippen LogP contribution in [0.5, 0.6) is 0 Å². The number of rotatable bonds is 10. The van der Waals surface area contributed by atoms with Crippen LogP contribution in [0.3, 0.4) is 0 Å². The maximum Gasteiger partial charge on any atom is 0.240 e. The molecule has 7 nitrogen and oxygen atoms in total. The van der Waals surface area contributed by atoms with Crippen molar-refractivity contribution in [3.8, 4) is 0 Å². The van der Waals surface area contributed by atoms with E-state index in [4.69, 9.17) is 5.73 Å². The van der Waals surface area contributed by atoms with E-state index in [1.165, 1.54) is 0 Å². The average molecular weight is 444 g/mol. The second-order valence-corrected chi connectivity index (χ2v) is 10.9. The second-order valence-electron chi connectivity index (χ2n) is 10.9. The molecule has 0 radical (unpaired) electrons. The van der Waals surface area contributed by atoms with Gasteiger partial charge in [-0.2, -0.15) is 0 Å². The molecule has 1 spiro atoms. The third-order valence-electron chi connectivity index (χ3n) is 8.43. The van der Waals surface area contributed by atoms with Crippen molar-refractivity contribution in [2.75, 3.05) is 13.1 Å². The second kappa shape index (κ2) is 8.40. The molecule has 3 N–H and O–H groups in total. The van der Waals surface area contributed by atoms with Crippen LogP contribution in [0.1, 0.15) is 53.4 Å². The number of nitrogens with zero attached hydrogens (tertiary/aromatic N) is 1. The van der Waals surface area contributed by atoms with E-state index in [1.54, 1.807) is 13.8 Å². The fourth-order valence-electron chi connectivity index (χ4n) is 6.92. The lowest BCUT2D eigenvalue weighted by atomic mass is 9.84. The number of Topliss-reactive ketones (excluding diaryl/α,β-unsaturated/α-hetero) is 1. The van der Waals surface area contributed by atoms with Crippen molar-refractivity contribution >= 4 is 23.5 Å². The van der Waals surface area contributed by atoms with Gasteiger partial charge in [0.1, 0.15) is 6.54 Å². The van der Waals surface area contributed by atoms with Gasteiger partial charge in [0.15, 0.2) is 5.78 Å². The summed E-state index contributed by atoms with van der Waals surface area (Å²) in [5.41, 5.74) is 5.64. The summed E-state index contributed by atoms with van der Waals surface area (Å²) in [6.07, 6.45) is 7.41. The Labute approximate surface area is 190 Å². The number of imide groups is 1. The van der Waals surface area contributed by atoms with Crippen LogP contribution < -0.4 is 11.1 Å². The first-order valence-corrected chi connectivity index (χ1v) is 12.2. The number of nitrogens with one attached hydrogen (secondary N) is 1. The molecule has 1 aliphatic heterocycles.